The molecular weight excluding hydrogens is 170 g/mol. The van der Waals surface area contributed by atoms with Gasteiger partial charge in [0.1, 0.15) is 6.07 Å². The minimum Gasteiger partial charge on any atom is -0.454 e. The average Bonchev–Trinajstić information content (AvgIpc) is 2.62. The number of fused-ring (bicyclic) bond motifs is 1. The standard InChI is InChI=1S/C9H5NO3/c10-3-6-1-8-9(13-5-12-8)2-7(6)4-11/h1-2,4H,5H2. The zero-order valence-electron chi connectivity index (χ0n) is 6.61. The number of aldehydes is 1. The van der Waals surface area contributed by atoms with Crippen LogP contribution in [0.15, 0.2) is 12.1 Å². The van der Waals surface area contributed by atoms with Gasteiger partial charge >= 0.3 is 0 Å². The van der Waals surface area contributed by atoms with Crippen molar-refractivity contribution >= 4 is 6.29 Å². The molecule has 0 saturated heterocycles. The number of hydrogen-bond acceptors (Lipinski definition) is 4. The van der Waals surface area contributed by atoms with Crippen LogP contribution in [0, 0.1) is 11.3 Å². The predicted molar refractivity (Wildman–Crippen MR) is 42.7 cm³/mol. The van der Waals surface area contributed by atoms with Crippen LogP contribution >= 0.6 is 0 Å². The largest absolute Gasteiger partial charge is 0.454 e. The summed E-state index contributed by atoms with van der Waals surface area (Å²) >= 11 is 0. The summed E-state index contributed by atoms with van der Waals surface area (Å²) in [4.78, 5) is 10.5. The molecule has 0 fully saturated rings. The Kier molecular flexibility index (Phi) is 1.64. The second-order valence-electron chi connectivity index (χ2n) is 2.52. The summed E-state index contributed by atoms with van der Waals surface area (Å²) in [6.07, 6.45) is 0.626. The van der Waals surface area contributed by atoms with Gasteiger partial charge in [-0.1, -0.05) is 0 Å². The Morgan fingerprint density at radius 2 is 2.08 bits per heavy atom. The van der Waals surface area contributed by atoms with Gasteiger partial charge in [-0.3, -0.25) is 4.79 Å². The highest BCUT2D eigenvalue weighted by atomic mass is 16.7. The summed E-state index contributed by atoms with van der Waals surface area (Å²) in [6.45, 7) is 0.141. The van der Waals surface area contributed by atoms with Crippen molar-refractivity contribution in [3.63, 3.8) is 0 Å². The van der Waals surface area contributed by atoms with Crippen molar-refractivity contribution in [2.24, 2.45) is 0 Å². The molecule has 0 amide bonds. The number of nitriles is 1. The lowest BCUT2D eigenvalue weighted by atomic mass is 10.1. The number of carbonyl (C=O) groups excluding carboxylic acids is 1. The lowest BCUT2D eigenvalue weighted by Crippen LogP contribution is -1.92. The number of nitrogens with zero attached hydrogens (tertiary/aromatic N) is 1. The molecule has 0 N–H and O–H groups in total. The Balaban J connectivity index is 2.61. The van der Waals surface area contributed by atoms with Crippen molar-refractivity contribution in [2.45, 2.75) is 0 Å². The van der Waals surface area contributed by atoms with E-state index < -0.39 is 0 Å². The summed E-state index contributed by atoms with van der Waals surface area (Å²) in [7, 11) is 0. The van der Waals surface area contributed by atoms with Crippen molar-refractivity contribution in [1.29, 1.82) is 5.26 Å². The molecule has 0 saturated carbocycles. The molecular formula is C9H5NO3. The Morgan fingerprint density at radius 3 is 2.69 bits per heavy atom. The first-order valence-electron chi connectivity index (χ1n) is 3.64. The first-order valence-corrected chi connectivity index (χ1v) is 3.64. The molecule has 0 bridgehead atoms. The topological polar surface area (TPSA) is 59.3 Å². The molecule has 2 rings (SSSR count). The maximum absolute atomic E-state index is 10.5. The normalized spacial score (nSPS) is 12.2. The van der Waals surface area contributed by atoms with E-state index in [1.165, 1.54) is 12.1 Å². The van der Waals surface area contributed by atoms with Crippen molar-refractivity contribution in [3.8, 4) is 17.6 Å². The van der Waals surface area contributed by atoms with Crippen LogP contribution < -0.4 is 9.47 Å². The van der Waals surface area contributed by atoms with E-state index in [0.717, 1.165) is 0 Å². The molecule has 1 aromatic rings. The van der Waals surface area contributed by atoms with Crippen LogP contribution in [0.5, 0.6) is 11.5 Å². The molecule has 0 unspecified atom stereocenters. The van der Waals surface area contributed by atoms with Crippen LogP contribution in [-0.4, -0.2) is 13.1 Å². The molecule has 64 valence electrons. The molecule has 0 aliphatic carbocycles. The van der Waals surface area contributed by atoms with Gasteiger partial charge in [0.25, 0.3) is 0 Å². The van der Waals surface area contributed by atoms with E-state index in [2.05, 4.69) is 0 Å². The average molecular weight is 175 g/mol. The highest BCUT2D eigenvalue weighted by molar-refractivity contribution is 5.81. The SMILES string of the molecule is N#Cc1cc2c(cc1C=O)OCO2. The predicted octanol–water partition coefficient (Wildman–Crippen LogP) is 1.10. The Bertz CT molecular complexity index is 406. The van der Waals surface area contributed by atoms with E-state index in [1.807, 2.05) is 6.07 Å². The van der Waals surface area contributed by atoms with Crippen molar-refractivity contribution < 1.29 is 14.3 Å². The third-order valence-electron chi connectivity index (χ3n) is 1.79. The van der Waals surface area contributed by atoms with Crippen LogP contribution in [0.25, 0.3) is 0 Å². The van der Waals surface area contributed by atoms with E-state index in [9.17, 15) is 4.79 Å². The van der Waals surface area contributed by atoms with Gasteiger partial charge in [0.15, 0.2) is 17.8 Å². The molecule has 4 heteroatoms. The zero-order chi connectivity index (χ0) is 9.26. The maximum atomic E-state index is 10.5. The molecule has 1 aliphatic rings. The van der Waals surface area contributed by atoms with E-state index in [1.54, 1.807) is 0 Å². The molecule has 0 atom stereocenters. The van der Waals surface area contributed by atoms with Gasteiger partial charge in [0.2, 0.25) is 6.79 Å². The molecule has 1 aromatic carbocycles. The summed E-state index contributed by atoms with van der Waals surface area (Å²) in [5.74, 6) is 1.03. The van der Waals surface area contributed by atoms with Crippen LogP contribution in [0.3, 0.4) is 0 Å². The number of ether oxygens (including phenoxy) is 2. The first-order chi connectivity index (χ1) is 6.35. The van der Waals surface area contributed by atoms with Crippen LogP contribution in [-0.2, 0) is 0 Å². The van der Waals surface area contributed by atoms with E-state index >= 15 is 0 Å². The van der Waals surface area contributed by atoms with E-state index in [4.69, 9.17) is 14.7 Å². The minimum absolute atomic E-state index is 0.141. The van der Waals surface area contributed by atoms with E-state index in [0.29, 0.717) is 28.9 Å². The van der Waals surface area contributed by atoms with Gasteiger partial charge in [0, 0.05) is 11.6 Å². The van der Waals surface area contributed by atoms with Gasteiger partial charge in [-0.2, -0.15) is 5.26 Å². The molecule has 13 heavy (non-hydrogen) atoms. The van der Waals surface area contributed by atoms with Crippen molar-refractivity contribution in [3.05, 3.63) is 23.3 Å². The fourth-order valence-corrected chi connectivity index (χ4v) is 1.15. The van der Waals surface area contributed by atoms with Crippen LogP contribution in [0.4, 0.5) is 0 Å². The number of benzene rings is 1. The Morgan fingerprint density at radius 1 is 1.38 bits per heavy atom. The number of carbonyl (C=O) groups is 1. The third-order valence-corrected chi connectivity index (χ3v) is 1.79. The maximum Gasteiger partial charge on any atom is 0.231 e. The lowest BCUT2D eigenvalue weighted by molar-refractivity contribution is 0.112. The number of hydrogen-bond donors (Lipinski definition) is 0. The van der Waals surface area contributed by atoms with Crippen molar-refractivity contribution in [1.82, 2.24) is 0 Å². The summed E-state index contributed by atoms with van der Waals surface area (Å²) in [5, 5.41) is 8.68. The third kappa shape index (κ3) is 1.11. The summed E-state index contributed by atoms with van der Waals surface area (Å²) in [5.41, 5.74) is 0.631. The fourth-order valence-electron chi connectivity index (χ4n) is 1.15. The van der Waals surface area contributed by atoms with Crippen LogP contribution in [0.2, 0.25) is 0 Å². The second kappa shape index (κ2) is 2.79. The van der Waals surface area contributed by atoms with E-state index in [-0.39, 0.29) is 6.79 Å². The van der Waals surface area contributed by atoms with Gasteiger partial charge in [-0.25, -0.2) is 0 Å². The minimum atomic E-state index is 0.141. The second-order valence-corrected chi connectivity index (χ2v) is 2.52. The molecule has 4 nitrogen and oxygen atoms in total. The molecule has 0 spiro atoms. The van der Waals surface area contributed by atoms with Crippen LogP contribution in [0.1, 0.15) is 15.9 Å². The van der Waals surface area contributed by atoms with Gasteiger partial charge in [0.05, 0.1) is 5.56 Å². The van der Waals surface area contributed by atoms with Gasteiger partial charge < -0.3 is 9.47 Å². The molecule has 1 heterocycles. The highest BCUT2D eigenvalue weighted by Gasteiger charge is 2.16. The molecule has 0 radical (unpaired) electrons. The molecule has 0 aromatic heterocycles. The summed E-state index contributed by atoms with van der Waals surface area (Å²) < 4.78 is 10.1. The van der Waals surface area contributed by atoms with Gasteiger partial charge in [-0.05, 0) is 6.07 Å². The summed E-state index contributed by atoms with van der Waals surface area (Å²) in [6, 6.07) is 4.92. The smallest absolute Gasteiger partial charge is 0.231 e. The Hall–Kier alpha value is -2.02. The Labute approximate surface area is 74.3 Å². The molecule has 1 aliphatic heterocycles. The number of rotatable bonds is 1. The fraction of sp³-hybridized carbons (Fsp3) is 0.111. The zero-order valence-corrected chi connectivity index (χ0v) is 6.61. The quantitative estimate of drug-likeness (QED) is 0.599. The first kappa shape index (κ1) is 7.62. The lowest BCUT2D eigenvalue weighted by Gasteiger charge is -1.98. The van der Waals surface area contributed by atoms with Gasteiger partial charge in [-0.15, -0.1) is 0 Å². The monoisotopic (exact) mass is 175 g/mol. The highest BCUT2D eigenvalue weighted by Crippen LogP contribution is 2.33. The van der Waals surface area contributed by atoms with Crippen molar-refractivity contribution in [2.75, 3.05) is 6.79 Å².